The van der Waals surface area contributed by atoms with Crippen LogP contribution in [0.4, 0.5) is 11.4 Å². The lowest BCUT2D eigenvalue weighted by molar-refractivity contribution is -0.118. The molecule has 2 aromatic rings. The molecule has 0 spiro atoms. The maximum absolute atomic E-state index is 12.1. The molecule has 2 N–H and O–H groups in total. The van der Waals surface area contributed by atoms with Gasteiger partial charge in [-0.25, -0.2) is 8.42 Å². The van der Waals surface area contributed by atoms with E-state index in [1.165, 1.54) is 24.3 Å². The van der Waals surface area contributed by atoms with Gasteiger partial charge in [-0.05, 0) is 49.2 Å². The monoisotopic (exact) mass is 402 g/mol. The van der Waals surface area contributed by atoms with E-state index in [0.717, 1.165) is 12.8 Å². The molecule has 0 bridgehead atoms. The van der Waals surface area contributed by atoms with Crippen molar-refractivity contribution in [2.75, 3.05) is 23.0 Å². The van der Waals surface area contributed by atoms with Crippen LogP contribution in [0.25, 0.3) is 0 Å². The normalized spacial score (nSPS) is 13.6. The summed E-state index contributed by atoms with van der Waals surface area (Å²) < 4.78 is 29.1. The molecule has 28 heavy (non-hydrogen) atoms. The van der Waals surface area contributed by atoms with Gasteiger partial charge in [0.15, 0.2) is 16.4 Å². The second-order valence-electron chi connectivity index (χ2n) is 6.56. The number of rotatable bonds is 8. The first kappa shape index (κ1) is 19.9. The molecule has 0 unspecified atom stereocenters. The van der Waals surface area contributed by atoms with E-state index in [1.807, 2.05) is 0 Å². The highest BCUT2D eigenvalue weighted by atomic mass is 32.2. The molecule has 1 aliphatic carbocycles. The Morgan fingerprint density at radius 1 is 1.04 bits per heavy atom. The van der Waals surface area contributed by atoms with Gasteiger partial charge < -0.3 is 15.4 Å². The third kappa shape index (κ3) is 5.32. The zero-order valence-electron chi connectivity index (χ0n) is 15.5. The van der Waals surface area contributed by atoms with Gasteiger partial charge in [0.25, 0.3) is 5.91 Å². The summed E-state index contributed by atoms with van der Waals surface area (Å²) in [6.07, 6.45) is 1.85. The third-order valence-electron chi connectivity index (χ3n) is 4.30. The highest BCUT2D eigenvalue weighted by molar-refractivity contribution is 7.91. The first-order valence-electron chi connectivity index (χ1n) is 9.04. The number of nitrogens with one attached hydrogen (secondary N) is 2. The zero-order chi connectivity index (χ0) is 20.1. The van der Waals surface area contributed by atoms with Crippen LogP contribution in [-0.4, -0.2) is 32.6 Å². The molecular formula is C20H22N2O5S. The number of carbonyl (C=O) groups is 2. The molecule has 1 saturated carbocycles. The maximum atomic E-state index is 12.1. The van der Waals surface area contributed by atoms with Crippen LogP contribution in [0.1, 0.15) is 19.8 Å². The van der Waals surface area contributed by atoms with Crippen LogP contribution in [0.15, 0.2) is 53.4 Å². The van der Waals surface area contributed by atoms with Crippen LogP contribution in [0.3, 0.4) is 0 Å². The van der Waals surface area contributed by atoms with Gasteiger partial charge in [0, 0.05) is 23.4 Å². The number of ether oxygens (including phenoxy) is 1. The van der Waals surface area contributed by atoms with E-state index in [2.05, 4.69) is 10.6 Å². The Hall–Kier alpha value is -2.87. The van der Waals surface area contributed by atoms with E-state index in [1.54, 1.807) is 31.2 Å². The minimum absolute atomic E-state index is 0.00317. The summed E-state index contributed by atoms with van der Waals surface area (Å²) in [7, 11) is -3.27. The average Bonchev–Trinajstić information content (AvgIpc) is 3.52. The molecule has 0 heterocycles. The molecule has 2 amide bonds. The van der Waals surface area contributed by atoms with Crippen LogP contribution in [-0.2, 0) is 19.4 Å². The molecule has 2 aromatic carbocycles. The number of sulfone groups is 1. The molecule has 1 fully saturated rings. The fourth-order valence-corrected chi connectivity index (χ4v) is 3.40. The fourth-order valence-electron chi connectivity index (χ4n) is 2.51. The SMILES string of the molecule is CCS(=O)(=O)c1ccc(NC(=O)COc2cccc(NC(=O)C3CC3)c2)cc1. The minimum Gasteiger partial charge on any atom is -0.484 e. The largest absolute Gasteiger partial charge is 0.484 e. The van der Waals surface area contributed by atoms with E-state index < -0.39 is 9.84 Å². The minimum atomic E-state index is -3.27. The molecule has 148 valence electrons. The standard InChI is InChI=1S/C20H22N2O5S/c1-2-28(25,26)18-10-8-15(9-11-18)21-19(23)13-27-17-5-3-4-16(12-17)22-20(24)14-6-7-14/h3-5,8-12,14H,2,6-7,13H2,1H3,(H,21,23)(H,22,24). The van der Waals surface area contributed by atoms with Gasteiger partial charge in [0.05, 0.1) is 10.6 Å². The molecule has 0 atom stereocenters. The summed E-state index contributed by atoms with van der Waals surface area (Å²) in [5.41, 5.74) is 1.11. The number of benzene rings is 2. The van der Waals surface area contributed by atoms with Gasteiger partial charge in [0.2, 0.25) is 5.91 Å². The number of hydrogen-bond acceptors (Lipinski definition) is 5. The van der Waals surface area contributed by atoms with Crippen molar-refractivity contribution in [3.05, 3.63) is 48.5 Å². The topological polar surface area (TPSA) is 102 Å². The van der Waals surface area contributed by atoms with E-state index in [0.29, 0.717) is 17.1 Å². The molecule has 0 aromatic heterocycles. The number of anilines is 2. The Kier molecular flexibility index (Phi) is 5.99. The van der Waals surface area contributed by atoms with Crippen molar-refractivity contribution in [2.45, 2.75) is 24.7 Å². The maximum Gasteiger partial charge on any atom is 0.262 e. The third-order valence-corrected chi connectivity index (χ3v) is 6.05. The molecule has 0 aliphatic heterocycles. The van der Waals surface area contributed by atoms with Crippen LogP contribution in [0.5, 0.6) is 5.75 Å². The number of carbonyl (C=O) groups excluding carboxylic acids is 2. The zero-order valence-corrected chi connectivity index (χ0v) is 16.3. The van der Waals surface area contributed by atoms with Crippen LogP contribution in [0, 0.1) is 5.92 Å². The number of amides is 2. The highest BCUT2D eigenvalue weighted by Crippen LogP contribution is 2.30. The van der Waals surface area contributed by atoms with Gasteiger partial charge >= 0.3 is 0 Å². The molecule has 3 rings (SSSR count). The van der Waals surface area contributed by atoms with E-state index in [9.17, 15) is 18.0 Å². The van der Waals surface area contributed by atoms with Gasteiger partial charge in [-0.15, -0.1) is 0 Å². The van der Waals surface area contributed by atoms with Crippen molar-refractivity contribution >= 4 is 33.0 Å². The van der Waals surface area contributed by atoms with Gasteiger partial charge in [0.1, 0.15) is 5.75 Å². The molecular weight excluding hydrogens is 380 g/mol. The molecule has 1 aliphatic rings. The second kappa shape index (κ2) is 8.43. The van der Waals surface area contributed by atoms with E-state index in [4.69, 9.17) is 4.74 Å². The molecule has 0 radical (unpaired) electrons. The summed E-state index contributed by atoms with van der Waals surface area (Å²) in [5, 5.41) is 5.48. The van der Waals surface area contributed by atoms with Crippen molar-refractivity contribution in [1.82, 2.24) is 0 Å². The Bertz CT molecular complexity index is 966. The summed E-state index contributed by atoms with van der Waals surface area (Å²) in [4.78, 5) is 24.1. The van der Waals surface area contributed by atoms with Gasteiger partial charge in [-0.1, -0.05) is 13.0 Å². The lowest BCUT2D eigenvalue weighted by Crippen LogP contribution is -2.20. The van der Waals surface area contributed by atoms with Crippen LogP contribution >= 0.6 is 0 Å². The Morgan fingerprint density at radius 3 is 2.39 bits per heavy atom. The van der Waals surface area contributed by atoms with Crippen molar-refractivity contribution in [3.8, 4) is 5.75 Å². The summed E-state index contributed by atoms with van der Waals surface area (Å²) in [6.45, 7) is 1.36. The second-order valence-corrected chi connectivity index (χ2v) is 8.83. The summed E-state index contributed by atoms with van der Waals surface area (Å²) >= 11 is 0. The fraction of sp³-hybridized carbons (Fsp3) is 0.300. The quantitative estimate of drug-likeness (QED) is 0.707. The first-order valence-corrected chi connectivity index (χ1v) is 10.7. The van der Waals surface area contributed by atoms with Gasteiger partial charge in [-0.3, -0.25) is 9.59 Å². The van der Waals surface area contributed by atoms with Crippen LogP contribution < -0.4 is 15.4 Å². The van der Waals surface area contributed by atoms with Crippen molar-refractivity contribution in [3.63, 3.8) is 0 Å². The summed E-state index contributed by atoms with van der Waals surface area (Å²) in [5.74, 6) is 0.219. The molecule has 7 nitrogen and oxygen atoms in total. The smallest absolute Gasteiger partial charge is 0.262 e. The van der Waals surface area contributed by atoms with Crippen molar-refractivity contribution in [2.24, 2.45) is 5.92 Å². The van der Waals surface area contributed by atoms with Crippen LogP contribution in [0.2, 0.25) is 0 Å². The molecule has 8 heteroatoms. The lowest BCUT2D eigenvalue weighted by atomic mass is 10.3. The Labute approximate surface area is 164 Å². The Balaban J connectivity index is 1.52. The van der Waals surface area contributed by atoms with Crippen molar-refractivity contribution < 1.29 is 22.7 Å². The van der Waals surface area contributed by atoms with Crippen molar-refractivity contribution in [1.29, 1.82) is 0 Å². The highest BCUT2D eigenvalue weighted by Gasteiger charge is 2.29. The number of hydrogen-bond donors (Lipinski definition) is 2. The predicted molar refractivity (Wildman–Crippen MR) is 106 cm³/mol. The van der Waals surface area contributed by atoms with E-state index >= 15 is 0 Å². The predicted octanol–water partition coefficient (Wildman–Crippen LogP) is 2.85. The van der Waals surface area contributed by atoms with E-state index in [-0.39, 0.29) is 35.0 Å². The summed E-state index contributed by atoms with van der Waals surface area (Å²) in [6, 6.07) is 12.9. The molecule has 0 saturated heterocycles. The van der Waals surface area contributed by atoms with Gasteiger partial charge in [-0.2, -0.15) is 0 Å². The lowest BCUT2D eigenvalue weighted by Gasteiger charge is -2.10. The average molecular weight is 402 g/mol. The Morgan fingerprint density at radius 2 is 1.75 bits per heavy atom. The first-order chi connectivity index (χ1) is 13.4.